The van der Waals surface area contributed by atoms with E-state index >= 15 is 0 Å². The molecule has 0 radical (unpaired) electrons. The topological polar surface area (TPSA) is 87.7 Å². The number of nitrogens with one attached hydrogen (secondary N) is 1. The Hall–Kier alpha value is -2.38. The lowest BCUT2D eigenvalue weighted by Crippen LogP contribution is -2.48. The summed E-state index contributed by atoms with van der Waals surface area (Å²) in [4.78, 5) is 14.9. The fourth-order valence-corrected chi connectivity index (χ4v) is 4.51. The maximum Gasteiger partial charge on any atom is 0.274 e. The molecule has 156 valence electrons. The largest absolute Gasteiger partial charge is 0.496 e. The first-order valence-corrected chi connectivity index (χ1v) is 10.3. The van der Waals surface area contributed by atoms with Crippen LogP contribution in [-0.2, 0) is 17.6 Å². The van der Waals surface area contributed by atoms with Gasteiger partial charge in [0.1, 0.15) is 5.75 Å². The molecule has 0 spiro atoms. The van der Waals surface area contributed by atoms with Crippen molar-refractivity contribution in [2.75, 3.05) is 20.2 Å². The van der Waals surface area contributed by atoms with Crippen LogP contribution in [0.5, 0.6) is 5.75 Å². The second kappa shape index (κ2) is 7.80. The Morgan fingerprint density at radius 3 is 2.79 bits per heavy atom. The molecule has 4 rings (SSSR count). The van der Waals surface area contributed by atoms with Crippen LogP contribution in [0.1, 0.15) is 60.1 Å². The fraction of sp³-hybridized carbons (Fsp3) is 0.545. The van der Waals surface area contributed by atoms with Crippen LogP contribution in [0, 0.1) is 0 Å². The number of aromatic nitrogens is 2. The van der Waals surface area contributed by atoms with Crippen molar-refractivity contribution in [1.82, 2.24) is 15.1 Å². The van der Waals surface area contributed by atoms with Gasteiger partial charge < -0.3 is 19.5 Å². The molecule has 0 bridgehead atoms. The van der Waals surface area contributed by atoms with E-state index in [1.165, 1.54) is 0 Å². The monoisotopic (exact) mass is 399 g/mol. The van der Waals surface area contributed by atoms with Crippen LogP contribution in [0.2, 0.25) is 0 Å². The molecule has 7 nitrogen and oxygen atoms in total. The van der Waals surface area contributed by atoms with Gasteiger partial charge in [0.05, 0.1) is 30.6 Å². The third-order valence-corrected chi connectivity index (χ3v) is 6.13. The predicted octanol–water partition coefficient (Wildman–Crippen LogP) is 2.65. The highest BCUT2D eigenvalue weighted by molar-refractivity contribution is 5.94. The molecule has 1 saturated heterocycles. The van der Waals surface area contributed by atoms with Crippen molar-refractivity contribution in [3.63, 3.8) is 0 Å². The summed E-state index contributed by atoms with van der Waals surface area (Å²) in [5, 5.41) is 18.4. The minimum atomic E-state index is -0.840. The Labute approximate surface area is 171 Å². The number of piperidine rings is 1. The second-order valence-electron chi connectivity index (χ2n) is 8.26. The molecule has 0 unspecified atom stereocenters. The van der Waals surface area contributed by atoms with Crippen molar-refractivity contribution in [3.05, 3.63) is 46.8 Å². The standard InChI is InChI=1S/C22H29N3O4/c1-14-12-17-19(15(2)29-14)23-24-20(17)21(26)25-10-8-22(27,9-11-25)13-16-6-4-5-7-18(16)28-3/h4-7,14-15,27H,8-13H2,1-3H3,(H,23,24)/t14-,15+/m0/s1. The van der Waals surface area contributed by atoms with Crippen LogP contribution >= 0.6 is 0 Å². The molecule has 2 aromatic rings. The fourth-order valence-electron chi connectivity index (χ4n) is 4.51. The zero-order valence-corrected chi connectivity index (χ0v) is 17.3. The Balaban J connectivity index is 1.44. The molecule has 0 saturated carbocycles. The molecule has 1 amide bonds. The third-order valence-electron chi connectivity index (χ3n) is 6.13. The van der Waals surface area contributed by atoms with Gasteiger partial charge in [0.25, 0.3) is 5.91 Å². The molecule has 1 aromatic carbocycles. The quantitative estimate of drug-likeness (QED) is 0.825. The van der Waals surface area contributed by atoms with Crippen molar-refractivity contribution >= 4 is 5.91 Å². The summed E-state index contributed by atoms with van der Waals surface area (Å²) in [6.45, 7) is 5.00. The van der Waals surface area contributed by atoms with E-state index in [1.807, 2.05) is 38.1 Å². The lowest BCUT2D eigenvalue weighted by Gasteiger charge is -2.38. The number of para-hydroxylation sites is 1. The van der Waals surface area contributed by atoms with E-state index in [-0.39, 0.29) is 18.1 Å². The number of benzene rings is 1. The van der Waals surface area contributed by atoms with Crippen LogP contribution in [0.3, 0.4) is 0 Å². The minimum Gasteiger partial charge on any atom is -0.496 e. The SMILES string of the molecule is COc1ccccc1CC1(O)CCN(C(=O)c2n[nH]c3c2C[C@H](C)O[C@@H]3C)CC1. The van der Waals surface area contributed by atoms with Gasteiger partial charge in [-0.3, -0.25) is 9.89 Å². The second-order valence-corrected chi connectivity index (χ2v) is 8.26. The molecule has 3 heterocycles. The van der Waals surface area contributed by atoms with E-state index in [9.17, 15) is 9.90 Å². The van der Waals surface area contributed by atoms with E-state index in [0.717, 1.165) is 22.6 Å². The van der Waals surface area contributed by atoms with Crippen molar-refractivity contribution in [2.45, 2.75) is 57.3 Å². The van der Waals surface area contributed by atoms with E-state index < -0.39 is 5.60 Å². The Morgan fingerprint density at radius 1 is 1.34 bits per heavy atom. The van der Waals surface area contributed by atoms with E-state index in [2.05, 4.69) is 10.2 Å². The van der Waals surface area contributed by atoms with Crippen LogP contribution in [0.4, 0.5) is 0 Å². The summed E-state index contributed by atoms with van der Waals surface area (Å²) >= 11 is 0. The number of methoxy groups -OCH3 is 1. The number of amides is 1. The van der Waals surface area contributed by atoms with Gasteiger partial charge in [-0.05, 0) is 38.3 Å². The zero-order valence-electron chi connectivity index (χ0n) is 17.3. The molecule has 1 aromatic heterocycles. The first-order chi connectivity index (χ1) is 13.9. The number of fused-ring (bicyclic) bond motifs is 1. The van der Waals surface area contributed by atoms with Crippen molar-refractivity contribution in [2.24, 2.45) is 0 Å². The van der Waals surface area contributed by atoms with E-state index in [4.69, 9.17) is 9.47 Å². The highest BCUT2D eigenvalue weighted by Crippen LogP contribution is 2.33. The van der Waals surface area contributed by atoms with Gasteiger partial charge >= 0.3 is 0 Å². The number of carbonyl (C=O) groups excluding carboxylic acids is 1. The summed E-state index contributed by atoms with van der Waals surface area (Å²) in [5.41, 5.74) is 2.51. The van der Waals surface area contributed by atoms with Gasteiger partial charge in [-0.15, -0.1) is 0 Å². The number of ether oxygens (including phenoxy) is 2. The van der Waals surface area contributed by atoms with Crippen LogP contribution in [0.25, 0.3) is 0 Å². The first kappa shape index (κ1) is 19.9. The number of nitrogens with zero attached hydrogens (tertiary/aromatic N) is 2. The number of carbonyl (C=O) groups is 1. The van der Waals surface area contributed by atoms with Crippen molar-refractivity contribution in [3.8, 4) is 5.75 Å². The highest BCUT2D eigenvalue weighted by Gasteiger charge is 2.37. The summed E-state index contributed by atoms with van der Waals surface area (Å²) in [5.74, 6) is 0.719. The molecule has 2 aliphatic rings. The average Bonchev–Trinajstić information content (AvgIpc) is 3.12. The maximum atomic E-state index is 13.1. The van der Waals surface area contributed by atoms with Gasteiger partial charge in [0, 0.05) is 31.5 Å². The predicted molar refractivity (Wildman–Crippen MR) is 108 cm³/mol. The summed E-state index contributed by atoms with van der Waals surface area (Å²) in [6, 6.07) is 7.76. The lowest BCUT2D eigenvalue weighted by atomic mass is 9.85. The molecule has 2 atom stereocenters. The molecule has 7 heteroatoms. The van der Waals surface area contributed by atoms with Crippen molar-refractivity contribution < 1.29 is 19.4 Å². The summed E-state index contributed by atoms with van der Waals surface area (Å²) in [7, 11) is 1.64. The molecular weight excluding hydrogens is 370 g/mol. The van der Waals surface area contributed by atoms with Crippen molar-refractivity contribution in [1.29, 1.82) is 0 Å². The molecule has 1 fully saturated rings. The molecular formula is C22H29N3O4. The van der Waals surface area contributed by atoms with Crippen LogP contribution in [0.15, 0.2) is 24.3 Å². The van der Waals surface area contributed by atoms with Crippen LogP contribution < -0.4 is 4.74 Å². The average molecular weight is 399 g/mol. The Morgan fingerprint density at radius 2 is 2.07 bits per heavy atom. The number of H-pyrrole nitrogens is 1. The van der Waals surface area contributed by atoms with Gasteiger partial charge in [-0.2, -0.15) is 5.10 Å². The molecule has 29 heavy (non-hydrogen) atoms. The molecule has 2 N–H and O–H groups in total. The lowest BCUT2D eigenvalue weighted by molar-refractivity contribution is -0.0169. The molecule has 2 aliphatic heterocycles. The maximum absolute atomic E-state index is 13.1. The zero-order chi connectivity index (χ0) is 20.6. The molecule has 0 aliphatic carbocycles. The van der Waals surface area contributed by atoms with Gasteiger partial charge in [-0.1, -0.05) is 18.2 Å². The normalized spacial score (nSPS) is 23.5. The van der Waals surface area contributed by atoms with Gasteiger partial charge in [0.2, 0.25) is 0 Å². The van der Waals surface area contributed by atoms with Gasteiger partial charge in [-0.25, -0.2) is 0 Å². The first-order valence-electron chi connectivity index (χ1n) is 10.3. The van der Waals surface area contributed by atoms with E-state index in [1.54, 1.807) is 12.0 Å². The highest BCUT2D eigenvalue weighted by atomic mass is 16.5. The number of likely N-dealkylation sites (tertiary alicyclic amines) is 1. The Bertz CT molecular complexity index is 886. The number of hydrogen-bond acceptors (Lipinski definition) is 5. The minimum absolute atomic E-state index is 0.0638. The number of hydrogen-bond donors (Lipinski definition) is 2. The smallest absolute Gasteiger partial charge is 0.274 e. The Kier molecular flexibility index (Phi) is 5.36. The van der Waals surface area contributed by atoms with E-state index in [0.29, 0.717) is 44.5 Å². The summed E-state index contributed by atoms with van der Waals surface area (Å²) < 4.78 is 11.2. The third kappa shape index (κ3) is 3.89. The summed E-state index contributed by atoms with van der Waals surface area (Å²) in [6.07, 6.45) is 2.23. The number of aliphatic hydroxyl groups is 1. The van der Waals surface area contributed by atoms with Crippen LogP contribution in [-0.4, -0.2) is 58.0 Å². The number of rotatable bonds is 4. The van der Waals surface area contributed by atoms with Gasteiger partial charge in [0.15, 0.2) is 5.69 Å². The number of aromatic amines is 1.